The van der Waals surface area contributed by atoms with Crippen LogP contribution in [0.1, 0.15) is 6.92 Å². The summed E-state index contributed by atoms with van der Waals surface area (Å²) in [7, 11) is 0. The molecule has 0 bridgehead atoms. The van der Waals surface area contributed by atoms with Crippen LogP contribution in [0.5, 0.6) is 0 Å². The van der Waals surface area contributed by atoms with E-state index in [4.69, 9.17) is 5.10 Å². The molecule has 0 aliphatic rings. The van der Waals surface area contributed by atoms with Gasteiger partial charge in [0.2, 0.25) is 5.95 Å². The molecule has 0 fully saturated rings. The number of hydrogen-bond donors (Lipinski definition) is 1. The molecule has 0 saturated heterocycles. The van der Waals surface area contributed by atoms with Crippen LogP contribution in [0.4, 0.5) is 5.95 Å². The molecule has 4 rings (SSSR count). The molecule has 0 unspecified atom stereocenters. The third-order valence-corrected chi connectivity index (χ3v) is 3.64. The number of aromatic nitrogens is 4. The van der Waals surface area contributed by atoms with Crippen molar-refractivity contribution in [2.24, 2.45) is 0 Å². The maximum Gasteiger partial charge on any atom is 0.250 e. The highest BCUT2D eigenvalue weighted by molar-refractivity contribution is 6.01. The van der Waals surface area contributed by atoms with Crippen molar-refractivity contribution in [3.05, 3.63) is 66.9 Å². The van der Waals surface area contributed by atoms with Gasteiger partial charge in [0.1, 0.15) is 0 Å². The van der Waals surface area contributed by atoms with E-state index in [-0.39, 0.29) is 0 Å². The summed E-state index contributed by atoms with van der Waals surface area (Å²) in [6.07, 6.45) is 0. The molecule has 2 heterocycles. The molecular weight excluding hydrogens is 286 g/mol. The van der Waals surface area contributed by atoms with Gasteiger partial charge in [0.05, 0.1) is 5.69 Å². The Kier molecular flexibility index (Phi) is 3.05. The molecule has 2 aromatic carbocycles. The van der Waals surface area contributed by atoms with E-state index >= 15 is 0 Å². The summed E-state index contributed by atoms with van der Waals surface area (Å²) in [5.41, 5.74) is 3.47. The van der Waals surface area contributed by atoms with Gasteiger partial charge in [-0.05, 0) is 6.92 Å². The average Bonchev–Trinajstić information content (AvgIpc) is 2.97. The van der Waals surface area contributed by atoms with Crippen molar-refractivity contribution in [3.63, 3.8) is 0 Å². The van der Waals surface area contributed by atoms with Gasteiger partial charge < -0.3 is 5.32 Å². The molecule has 23 heavy (non-hydrogen) atoms. The second-order valence-electron chi connectivity index (χ2n) is 5.42. The highest BCUT2D eigenvalue weighted by Gasteiger charge is 2.14. The topological polar surface area (TPSA) is 55.1 Å². The lowest BCUT2D eigenvalue weighted by Crippen LogP contribution is -2.03. The Hall–Kier alpha value is -3.21. The molecule has 2 aromatic heterocycles. The van der Waals surface area contributed by atoms with Crippen LogP contribution in [-0.4, -0.2) is 19.8 Å². The number of fused-ring (bicyclic) bond motifs is 3. The fourth-order valence-corrected chi connectivity index (χ4v) is 2.66. The van der Waals surface area contributed by atoms with E-state index in [9.17, 15) is 0 Å². The van der Waals surface area contributed by atoms with Gasteiger partial charge in [-0.15, -0.1) is 10.2 Å². The minimum absolute atomic E-state index is 0.565. The van der Waals surface area contributed by atoms with E-state index in [1.807, 2.05) is 43.3 Å². The zero-order chi connectivity index (χ0) is 15.8. The molecule has 0 spiro atoms. The lowest BCUT2D eigenvalue weighted by molar-refractivity contribution is 0.945. The van der Waals surface area contributed by atoms with Crippen LogP contribution in [0.15, 0.2) is 66.9 Å². The Bertz CT molecular complexity index is 1020. The van der Waals surface area contributed by atoms with Gasteiger partial charge in [0.25, 0.3) is 0 Å². The number of anilines is 1. The Morgan fingerprint density at radius 3 is 2.39 bits per heavy atom. The van der Waals surface area contributed by atoms with E-state index in [0.29, 0.717) is 5.95 Å². The zero-order valence-corrected chi connectivity index (χ0v) is 12.7. The Morgan fingerprint density at radius 1 is 0.957 bits per heavy atom. The van der Waals surface area contributed by atoms with Crippen molar-refractivity contribution < 1.29 is 0 Å². The first-order valence-electron chi connectivity index (χ1n) is 7.36. The normalized spacial score (nSPS) is 11.0. The minimum atomic E-state index is 0.565. The van der Waals surface area contributed by atoms with Crippen molar-refractivity contribution in [1.29, 1.82) is 0 Å². The first-order chi connectivity index (χ1) is 11.2. The van der Waals surface area contributed by atoms with Gasteiger partial charge in [-0.25, -0.2) is 0 Å². The highest BCUT2D eigenvalue weighted by Crippen LogP contribution is 2.29. The van der Waals surface area contributed by atoms with Gasteiger partial charge in [-0.2, -0.15) is 9.61 Å². The van der Waals surface area contributed by atoms with Crippen molar-refractivity contribution in [2.75, 3.05) is 5.32 Å². The molecule has 112 valence electrons. The zero-order valence-electron chi connectivity index (χ0n) is 12.7. The van der Waals surface area contributed by atoms with E-state index in [2.05, 4.69) is 40.3 Å². The summed E-state index contributed by atoms with van der Waals surface area (Å²) in [6.45, 7) is 5.73. The summed E-state index contributed by atoms with van der Waals surface area (Å²) in [6, 6.07) is 18.2. The van der Waals surface area contributed by atoms with Crippen LogP contribution < -0.4 is 5.32 Å². The summed E-state index contributed by atoms with van der Waals surface area (Å²) in [4.78, 5) is 0. The average molecular weight is 301 g/mol. The van der Waals surface area contributed by atoms with E-state index in [1.54, 1.807) is 4.52 Å². The number of hydrogen-bond acceptors (Lipinski definition) is 4. The van der Waals surface area contributed by atoms with Gasteiger partial charge in [-0.1, -0.05) is 61.2 Å². The van der Waals surface area contributed by atoms with Gasteiger partial charge >= 0.3 is 0 Å². The number of nitrogens with zero attached hydrogens (tertiary/aromatic N) is 4. The fourth-order valence-electron chi connectivity index (χ4n) is 2.66. The van der Waals surface area contributed by atoms with Crippen molar-refractivity contribution >= 4 is 22.4 Å². The first-order valence-corrected chi connectivity index (χ1v) is 7.36. The molecule has 1 N–H and O–H groups in total. The van der Waals surface area contributed by atoms with Crippen LogP contribution in [-0.2, 0) is 0 Å². The maximum atomic E-state index is 4.77. The van der Waals surface area contributed by atoms with E-state index in [0.717, 1.165) is 33.4 Å². The third kappa shape index (κ3) is 2.23. The predicted molar refractivity (Wildman–Crippen MR) is 92.2 cm³/mol. The lowest BCUT2D eigenvalue weighted by atomic mass is 10.1. The van der Waals surface area contributed by atoms with Crippen molar-refractivity contribution in [3.8, 4) is 11.3 Å². The first kappa shape index (κ1) is 13.5. The molecule has 5 nitrogen and oxygen atoms in total. The fraction of sp³-hybridized carbons (Fsp3) is 0.0556. The molecule has 0 aliphatic heterocycles. The van der Waals surface area contributed by atoms with Crippen LogP contribution in [0, 0.1) is 0 Å². The Morgan fingerprint density at radius 2 is 1.65 bits per heavy atom. The van der Waals surface area contributed by atoms with Gasteiger partial charge in [0.15, 0.2) is 5.65 Å². The SMILES string of the molecule is C=C(C)Nc1nnc2c3ccccc3c(-c3ccccc3)nn12. The molecule has 4 aromatic rings. The lowest BCUT2D eigenvalue weighted by Gasteiger charge is -2.09. The number of allylic oxidation sites excluding steroid dienone is 1. The molecule has 0 atom stereocenters. The second-order valence-corrected chi connectivity index (χ2v) is 5.42. The van der Waals surface area contributed by atoms with Gasteiger partial charge in [-0.3, -0.25) is 0 Å². The van der Waals surface area contributed by atoms with E-state index < -0.39 is 0 Å². The molecule has 0 saturated carbocycles. The third-order valence-electron chi connectivity index (χ3n) is 3.64. The standard InChI is InChI=1S/C18H15N5/c1-12(2)19-18-21-20-17-15-11-7-6-10-14(15)16(22-23(17)18)13-8-4-3-5-9-13/h3-11H,1H2,2H3,(H,19,21). The minimum Gasteiger partial charge on any atom is -0.327 e. The second kappa shape index (κ2) is 5.21. The molecule has 0 radical (unpaired) electrons. The number of nitrogens with one attached hydrogen (secondary N) is 1. The van der Waals surface area contributed by atoms with Crippen molar-refractivity contribution in [2.45, 2.75) is 6.92 Å². The smallest absolute Gasteiger partial charge is 0.250 e. The van der Waals surface area contributed by atoms with Gasteiger partial charge in [0, 0.05) is 22.0 Å². The molecule has 0 amide bonds. The summed E-state index contributed by atoms with van der Waals surface area (Å²) < 4.78 is 1.74. The largest absolute Gasteiger partial charge is 0.327 e. The monoisotopic (exact) mass is 301 g/mol. The van der Waals surface area contributed by atoms with E-state index in [1.165, 1.54) is 0 Å². The summed E-state index contributed by atoms with van der Waals surface area (Å²) in [5.74, 6) is 0.565. The van der Waals surface area contributed by atoms with Crippen LogP contribution in [0.25, 0.3) is 27.7 Å². The predicted octanol–water partition coefficient (Wildman–Crippen LogP) is 3.89. The number of benzene rings is 2. The molecule has 0 aliphatic carbocycles. The summed E-state index contributed by atoms with van der Waals surface area (Å²) in [5, 5.41) is 18.4. The highest BCUT2D eigenvalue weighted by atomic mass is 15.4. The van der Waals surface area contributed by atoms with Crippen molar-refractivity contribution in [1.82, 2.24) is 19.8 Å². The summed E-state index contributed by atoms with van der Waals surface area (Å²) >= 11 is 0. The molecule has 5 heteroatoms. The van der Waals surface area contributed by atoms with Crippen LogP contribution >= 0.6 is 0 Å². The quantitative estimate of drug-likeness (QED) is 0.623. The Labute approximate surface area is 133 Å². The molecular formula is C18H15N5. The van der Waals surface area contributed by atoms with Crippen LogP contribution in [0.3, 0.4) is 0 Å². The maximum absolute atomic E-state index is 4.77. The van der Waals surface area contributed by atoms with Crippen LogP contribution in [0.2, 0.25) is 0 Å². The number of rotatable bonds is 3. The Balaban J connectivity index is 2.09.